The van der Waals surface area contributed by atoms with E-state index in [9.17, 15) is 4.79 Å². The fraction of sp³-hybridized carbons (Fsp3) is 0.333. The molecule has 0 saturated carbocycles. The van der Waals surface area contributed by atoms with Gasteiger partial charge in [-0.15, -0.1) is 0 Å². The summed E-state index contributed by atoms with van der Waals surface area (Å²) in [5.41, 5.74) is 7.16. The molecular weight excluding hydrogens is 188 g/mol. The first-order valence-electron chi connectivity index (χ1n) is 3.90. The Morgan fingerprint density at radius 2 is 2.31 bits per heavy atom. The zero-order valence-corrected chi connectivity index (χ0v) is 8.30. The Kier molecular flexibility index (Phi) is 3.01. The SMILES string of the molecule is CC(=O)C(N)c1cnc(Cl)c(C)c1. The minimum atomic E-state index is -0.594. The van der Waals surface area contributed by atoms with Gasteiger partial charge in [-0.25, -0.2) is 4.98 Å². The highest BCUT2D eigenvalue weighted by Crippen LogP contribution is 2.17. The largest absolute Gasteiger partial charge is 0.318 e. The number of Topliss-reactive ketones (excluding diaryl/α,β-unsaturated/α-hetero) is 1. The summed E-state index contributed by atoms with van der Waals surface area (Å²) in [4.78, 5) is 14.9. The van der Waals surface area contributed by atoms with Crippen molar-refractivity contribution in [2.24, 2.45) is 5.73 Å². The van der Waals surface area contributed by atoms with Gasteiger partial charge in [0.05, 0.1) is 6.04 Å². The standard InChI is InChI=1S/C9H11ClN2O/c1-5-3-7(4-12-9(5)10)8(11)6(2)13/h3-4,8H,11H2,1-2H3. The van der Waals surface area contributed by atoms with Crippen molar-refractivity contribution >= 4 is 17.4 Å². The van der Waals surface area contributed by atoms with Gasteiger partial charge in [0.25, 0.3) is 0 Å². The summed E-state index contributed by atoms with van der Waals surface area (Å²) in [5.74, 6) is -0.0801. The highest BCUT2D eigenvalue weighted by molar-refractivity contribution is 6.30. The third-order valence-corrected chi connectivity index (χ3v) is 2.23. The maximum atomic E-state index is 11.0. The molecule has 0 saturated heterocycles. The molecule has 0 fully saturated rings. The van der Waals surface area contributed by atoms with Crippen molar-refractivity contribution in [2.75, 3.05) is 0 Å². The van der Waals surface area contributed by atoms with Gasteiger partial charge in [-0.3, -0.25) is 4.79 Å². The predicted molar refractivity (Wildman–Crippen MR) is 51.6 cm³/mol. The Morgan fingerprint density at radius 3 is 2.77 bits per heavy atom. The molecule has 0 aliphatic rings. The van der Waals surface area contributed by atoms with Gasteiger partial charge < -0.3 is 5.73 Å². The van der Waals surface area contributed by atoms with E-state index in [1.807, 2.05) is 6.92 Å². The Morgan fingerprint density at radius 1 is 1.69 bits per heavy atom. The molecule has 2 N–H and O–H groups in total. The Hall–Kier alpha value is -0.930. The van der Waals surface area contributed by atoms with Crippen molar-refractivity contribution in [2.45, 2.75) is 19.9 Å². The number of aryl methyl sites for hydroxylation is 1. The second-order valence-corrected chi connectivity index (χ2v) is 3.32. The van der Waals surface area contributed by atoms with Crippen LogP contribution in [0.4, 0.5) is 0 Å². The number of nitrogens with zero attached hydrogens (tertiary/aromatic N) is 1. The summed E-state index contributed by atoms with van der Waals surface area (Å²) >= 11 is 5.73. The van der Waals surface area contributed by atoms with Crippen LogP contribution in [-0.4, -0.2) is 10.8 Å². The third-order valence-electron chi connectivity index (χ3n) is 1.83. The topological polar surface area (TPSA) is 56.0 Å². The number of rotatable bonds is 2. The van der Waals surface area contributed by atoms with Gasteiger partial charge in [-0.2, -0.15) is 0 Å². The number of carbonyl (C=O) groups is 1. The average molecular weight is 199 g/mol. The molecule has 1 heterocycles. The number of pyridine rings is 1. The fourth-order valence-electron chi connectivity index (χ4n) is 0.985. The highest BCUT2D eigenvalue weighted by atomic mass is 35.5. The van der Waals surface area contributed by atoms with E-state index in [0.717, 1.165) is 5.56 Å². The van der Waals surface area contributed by atoms with Crippen LogP contribution in [0.1, 0.15) is 24.1 Å². The molecule has 70 valence electrons. The van der Waals surface area contributed by atoms with Crippen molar-refractivity contribution in [1.29, 1.82) is 0 Å². The molecule has 0 aromatic carbocycles. The molecule has 1 unspecified atom stereocenters. The molecule has 0 aliphatic heterocycles. The van der Waals surface area contributed by atoms with E-state index in [1.165, 1.54) is 13.1 Å². The van der Waals surface area contributed by atoms with E-state index in [4.69, 9.17) is 17.3 Å². The molecule has 0 spiro atoms. The van der Waals surface area contributed by atoms with Crippen LogP contribution in [0.15, 0.2) is 12.3 Å². The molecule has 3 nitrogen and oxygen atoms in total. The first-order chi connectivity index (χ1) is 6.02. The lowest BCUT2D eigenvalue weighted by Gasteiger charge is -2.08. The lowest BCUT2D eigenvalue weighted by Crippen LogP contribution is -2.18. The maximum absolute atomic E-state index is 11.0. The number of halogens is 1. The van der Waals surface area contributed by atoms with E-state index >= 15 is 0 Å². The molecule has 1 aromatic rings. The van der Waals surface area contributed by atoms with Crippen LogP contribution >= 0.6 is 11.6 Å². The van der Waals surface area contributed by atoms with Gasteiger partial charge in [-0.05, 0) is 31.0 Å². The molecule has 1 rings (SSSR count). The third kappa shape index (κ3) is 2.26. The zero-order valence-electron chi connectivity index (χ0n) is 7.54. The van der Waals surface area contributed by atoms with E-state index in [1.54, 1.807) is 6.07 Å². The molecule has 4 heteroatoms. The number of hydrogen-bond acceptors (Lipinski definition) is 3. The van der Waals surface area contributed by atoms with Gasteiger partial charge in [-0.1, -0.05) is 11.6 Å². The molecule has 0 amide bonds. The lowest BCUT2D eigenvalue weighted by molar-refractivity contribution is -0.118. The molecule has 1 aromatic heterocycles. The van der Waals surface area contributed by atoms with Crippen molar-refractivity contribution in [3.8, 4) is 0 Å². The van der Waals surface area contributed by atoms with Crippen molar-refractivity contribution in [3.05, 3.63) is 28.5 Å². The van der Waals surface area contributed by atoms with Gasteiger partial charge in [0.1, 0.15) is 5.15 Å². The number of aromatic nitrogens is 1. The zero-order chi connectivity index (χ0) is 10.0. The molecular formula is C9H11ClN2O. The van der Waals surface area contributed by atoms with E-state index < -0.39 is 6.04 Å². The number of ketones is 1. The number of nitrogens with two attached hydrogens (primary N) is 1. The molecule has 0 bridgehead atoms. The molecule has 0 aliphatic carbocycles. The Bertz CT molecular complexity index is 338. The molecule has 0 radical (unpaired) electrons. The second kappa shape index (κ2) is 3.85. The molecule has 1 atom stereocenters. The minimum Gasteiger partial charge on any atom is -0.318 e. The summed E-state index contributed by atoms with van der Waals surface area (Å²) < 4.78 is 0. The van der Waals surface area contributed by atoms with Gasteiger partial charge in [0.15, 0.2) is 5.78 Å². The maximum Gasteiger partial charge on any atom is 0.151 e. The minimum absolute atomic E-state index is 0.0801. The van der Waals surface area contributed by atoms with Crippen LogP contribution < -0.4 is 5.73 Å². The van der Waals surface area contributed by atoms with Gasteiger partial charge in [0.2, 0.25) is 0 Å². The Labute approximate surface area is 81.9 Å². The predicted octanol–water partition coefficient (Wildman–Crippen LogP) is 1.63. The summed E-state index contributed by atoms with van der Waals surface area (Å²) in [7, 11) is 0. The fourth-order valence-corrected chi connectivity index (χ4v) is 1.09. The summed E-state index contributed by atoms with van der Waals surface area (Å²) in [6.07, 6.45) is 1.53. The van der Waals surface area contributed by atoms with Crippen LogP contribution in [0.2, 0.25) is 5.15 Å². The quantitative estimate of drug-likeness (QED) is 0.735. The van der Waals surface area contributed by atoms with Crippen molar-refractivity contribution in [3.63, 3.8) is 0 Å². The van der Waals surface area contributed by atoms with E-state index in [-0.39, 0.29) is 5.78 Å². The first-order valence-corrected chi connectivity index (χ1v) is 4.28. The average Bonchev–Trinajstić information content (AvgIpc) is 2.08. The van der Waals surface area contributed by atoms with Gasteiger partial charge >= 0.3 is 0 Å². The van der Waals surface area contributed by atoms with Gasteiger partial charge in [0, 0.05) is 6.20 Å². The van der Waals surface area contributed by atoms with Crippen LogP contribution in [0.3, 0.4) is 0 Å². The highest BCUT2D eigenvalue weighted by Gasteiger charge is 2.12. The number of carbonyl (C=O) groups excluding carboxylic acids is 1. The summed E-state index contributed by atoms with van der Waals surface area (Å²) in [6, 6.07) is 1.19. The van der Waals surface area contributed by atoms with Crippen LogP contribution in [0, 0.1) is 6.92 Å². The van der Waals surface area contributed by atoms with Crippen molar-refractivity contribution in [1.82, 2.24) is 4.98 Å². The van der Waals surface area contributed by atoms with Crippen molar-refractivity contribution < 1.29 is 4.79 Å². The first kappa shape index (κ1) is 10.2. The normalized spacial score (nSPS) is 12.6. The number of hydrogen-bond donors (Lipinski definition) is 1. The smallest absolute Gasteiger partial charge is 0.151 e. The molecule has 13 heavy (non-hydrogen) atoms. The van der Waals surface area contributed by atoms with Crippen LogP contribution in [-0.2, 0) is 4.79 Å². The summed E-state index contributed by atoms with van der Waals surface area (Å²) in [6.45, 7) is 3.28. The summed E-state index contributed by atoms with van der Waals surface area (Å²) in [5, 5.41) is 0.444. The van der Waals surface area contributed by atoms with Crippen LogP contribution in [0.5, 0.6) is 0 Å². The van der Waals surface area contributed by atoms with E-state index in [0.29, 0.717) is 10.7 Å². The van der Waals surface area contributed by atoms with Crippen LogP contribution in [0.25, 0.3) is 0 Å². The Balaban J connectivity index is 3.03. The lowest BCUT2D eigenvalue weighted by atomic mass is 10.1. The van der Waals surface area contributed by atoms with E-state index in [2.05, 4.69) is 4.98 Å². The second-order valence-electron chi connectivity index (χ2n) is 2.96. The monoisotopic (exact) mass is 198 g/mol.